The molecule has 82 heavy (non-hydrogen) atoms. The molecule has 0 radical (unpaired) electrons. The molecule has 1 atom stereocenters. The molecule has 1 unspecified atom stereocenters. The largest absolute Gasteiger partial charge is 0.508 e. The second-order valence-electron chi connectivity index (χ2n) is 21.7. The predicted octanol–water partition coefficient (Wildman–Crippen LogP) is 13.6. The number of phenolic OH excluding ortho intramolecular Hbond substituents is 4. The molecule has 3 aromatic heterocycles. The van der Waals surface area contributed by atoms with Crippen LogP contribution >= 0.6 is 0 Å². The Morgan fingerprint density at radius 2 is 1.05 bits per heavy atom. The molecule has 0 bridgehead atoms. The zero-order chi connectivity index (χ0) is 59.3. The fourth-order valence-corrected chi connectivity index (χ4v) is 10.4. The second-order valence-corrected chi connectivity index (χ2v) is 21.7. The molecule has 3 aliphatic rings. The number of hydrogen-bond acceptors (Lipinski definition) is 14. The van der Waals surface area contributed by atoms with Crippen molar-refractivity contribution in [3.8, 4) is 40.2 Å². The molecule has 0 aliphatic carbocycles. The van der Waals surface area contributed by atoms with Crippen molar-refractivity contribution in [2.75, 3.05) is 0 Å². The summed E-state index contributed by atoms with van der Waals surface area (Å²) in [5, 5.41) is 57.7. The number of nitrogens with one attached hydrogen (secondary N) is 2. The number of hydrogen-bond donors (Lipinski definition) is 7. The third-order valence-electron chi connectivity index (χ3n) is 14.3. The van der Waals surface area contributed by atoms with E-state index in [4.69, 9.17) is 9.47 Å². The van der Waals surface area contributed by atoms with Gasteiger partial charge < -0.3 is 35.0 Å². The summed E-state index contributed by atoms with van der Waals surface area (Å²) in [4.78, 5) is 58.3. The summed E-state index contributed by atoms with van der Waals surface area (Å²) in [5.41, 5.74) is 6.77. The normalized spacial score (nSPS) is 15.0. The van der Waals surface area contributed by atoms with E-state index in [1.807, 2.05) is 103 Å². The van der Waals surface area contributed by atoms with E-state index in [0.29, 0.717) is 45.6 Å². The number of fused-ring (bicyclic) bond motifs is 9. The van der Waals surface area contributed by atoms with Gasteiger partial charge in [-0.25, -0.2) is 9.59 Å². The fraction of sp³-hybridized carbons (Fsp3) is 0.258. The van der Waals surface area contributed by atoms with Crippen LogP contribution in [-0.4, -0.2) is 64.3 Å². The molecule has 1 fully saturated rings. The molecule has 4 amide bonds. The number of barbiturate groups is 1. The van der Waals surface area contributed by atoms with Crippen molar-refractivity contribution < 1.29 is 54.2 Å². The van der Waals surface area contributed by atoms with Crippen LogP contribution in [0.25, 0.3) is 32.6 Å². The molecule has 16 heteroatoms. The summed E-state index contributed by atoms with van der Waals surface area (Å²) in [5.74, 6) is 0.585. The molecule has 7 N–H and O–H groups in total. The number of carbonyl (C=O) groups excluding carboxylic acids is 4. The molecule has 16 nitrogen and oxygen atoms in total. The maximum atomic E-state index is 12.7. The van der Waals surface area contributed by atoms with Crippen molar-refractivity contribution in [1.82, 2.24) is 25.6 Å². The van der Waals surface area contributed by atoms with Crippen LogP contribution in [0.5, 0.6) is 40.2 Å². The molecule has 9 aromatic rings. The number of carbonyl (C=O) groups is 4. The number of nitrogens with zero attached hydrogens (tertiary/aromatic N) is 3. The van der Waals surface area contributed by atoms with Crippen molar-refractivity contribution in [2.24, 2.45) is 11.8 Å². The summed E-state index contributed by atoms with van der Waals surface area (Å²) in [7, 11) is 0. The van der Waals surface area contributed by atoms with E-state index in [9.17, 15) is 44.7 Å². The Hall–Kier alpha value is -9.57. The first-order valence-electron chi connectivity index (χ1n) is 27.1. The van der Waals surface area contributed by atoms with Gasteiger partial charge in [-0.1, -0.05) is 124 Å². The number of esters is 1. The average Bonchev–Trinajstić information content (AvgIpc) is 2.16. The number of ether oxygens (including phenoxy) is 2. The Balaban J connectivity index is 0.000000141. The Morgan fingerprint density at radius 3 is 1.60 bits per heavy atom. The molecule has 1 spiro atoms. The first kappa shape index (κ1) is 58.6. The average molecular weight is 1110 g/mol. The zero-order valence-corrected chi connectivity index (χ0v) is 47.3. The smallest absolute Gasteiger partial charge is 0.340 e. The number of phenols is 4. The molecule has 3 aliphatic heterocycles. The van der Waals surface area contributed by atoms with Crippen molar-refractivity contribution in [3.63, 3.8) is 0 Å². The lowest BCUT2D eigenvalue weighted by Gasteiger charge is -2.37. The highest BCUT2D eigenvalue weighted by atomic mass is 16.6. The van der Waals surface area contributed by atoms with Crippen LogP contribution in [0, 0.1) is 11.8 Å². The fourth-order valence-electron chi connectivity index (χ4n) is 10.4. The highest BCUT2D eigenvalue weighted by Crippen LogP contribution is 2.58. The Bertz CT molecular complexity index is 3780. The minimum absolute atomic E-state index is 0.0398. The number of pyridine rings is 3. The van der Waals surface area contributed by atoms with Gasteiger partial charge in [0, 0.05) is 73.9 Å². The standard InChI is InChI=1S/C23H18O5.3C12H13NO.C7H10N2O3/c1-12(2)15-10-18-21(11-19(15)25)27-20-9-13(24)7-8-17(20)23(18)16-6-4-3-5-14(16)22(26)28-23;2*1-8(2)11-10(14)6-5-9-4-3-7-13-12(9)11;1-8(2)12-10-6-4-3-5-9(10)11(14)7-13-12;1-3(2)4-5(10)8-7(12)9-6(4)11/h3-12,24-25H,1-2H3;3*3-8,14H,1-2H3;3-4H,1-2H3,(H2,8,9,10,11,12). The van der Waals surface area contributed by atoms with Gasteiger partial charge in [-0.05, 0) is 95.8 Å². The van der Waals surface area contributed by atoms with Crippen molar-refractivity contribution >= 4 is 56.4 Å². The SMILES string of the molecule is CC(C)C1C(=O)NC(=O)NC1=O.CC(C)c1c(O)ccc2cccnc12.CC(C)c1c(O)ccc2cccnc12.CC(C)c1cc2c(cc1O)Oc1cc(O)ccc1C21OC(=O)c2ccccc21.CC(C)c1ncc(O)c2ccccc12. The summed E-state index contributed by atoms with van der Waals surface area (Å²) in [6, 6.07) is 37.6. The van der Waals surface area contributed by atoms with Gasteiger partial charge in [-0.15, -0.1) is 0 Å². The third kappa shape index (κ3) is 11.8. The lowest BCUT2D eigenvalue weighted by Crippen LogP contribution is -2.57. The monoisotopic (exact) mass is 1110 g/mol. The number of amides is 4. The maximum Gasteiger partial charge on any atom is 0.340 e. The van der Waals surface area contributed by atoms with Gasteiger partial charge in [0.1, 0.15) is 46.2 Å². The van der Waals surface area contributed by atoms with Gasteiger partial charge in [-0.2, -0.15) is 0 Å². The van der Waals surface area contributed by atoms with Gasteiger partial charge in [0.15, 0.2) is 5.60 Å². The topological polar surface area (TPSA) is 251 Å². The van der Waals surface area contributed by atoms with Crippen molar-refractivity contribution in [1.29, 1.82) is 0 Å². The first-order valence-corrected chi connectivity index (χ1v) is 27.1. The highest BCUT2D eigenvalue weighted by molar-refractivity contribution is 6.16. The number of imide groups is 2. The zero-order valence-electron chi connectivity index (χ0n) is 47.3. The van der Waals surface area contributed by atoms with E-state index in [2.05, 4.69) is 56.5 Å². The maximum absolute atomic E-state index is 12.7. The van der Waals surface area contributed by atoms with Crippen LogP contribution in [0.4, 0.5) is 4.79 Å². The second kappa shape index (κ2) is 24.4. The lowest BCUT2D eigenvalue weighted by molar-refractivity contribution is -0.137. The Morgan fingerprint density at radius 1 is 0.500 bits per heavy atom. The molecule has 6 aromatic carbocycles. The first-order chi connectivity index (χ1) is 39.0. The van der Waals surface area contributed by atoms with Gasteiger partial charge in [0.25, 0.3) is 0 Å². The Kier molecular flexibility index (Phi) is 17.5. The van der Waals surface area contributed by atoms with Gasteiger partial charge in [-0.3, -0.25) is 35.2 Å². The van der Waals surface area contributed by atoms with Crippen molar-refractivity contribution in [3.05, 3.63) is 191 Å². The van der Waals surface area contributed by atoms with E-state index < -0.39 is 35.3 Å². The van der Waals surface area contributed by atoms with Gasteiger partial charge >= 0.3 is 12.0 Å². The molecule has 1 saturated heterocycles. The van der Waals surface area contributed by atoms with E-state index in [-0.39, 0.29) is 40.9 Å². The minimum atomic E-state index is -1.19. The van der Waals surface area contributed by atoms with Gasteiger partial charge in [0.05, 0.1) is 28.5 Å². The van der Waals surface area contributed by atoms with E-state index in [0.717, 1.165) is 60.5 Å². The van der Waals surface area contributed by atoms with Crippen molar-refractivity contribution in [2.45, 2.75) is 98.5 Å². The highest BCUT2D eigenvalue weighted by Gasteiger charge is 2.54. The number of benzene rings is 6. The number of aromatic hydroxyl groups is 5. The third-order valence-corrected chi connectivity index (χ3v) is 14.3. The lowest BCUT2D eigenvalue weighted by atomic mass is 9.76. The molecule has 12 rings (SSSR count). The van der Waals surface area contributed by atoms with E-state index >= 15 is 0 Å². The minimum Gasteiger partial charge on any atom is -0.508 e. The quantitative estimate of drug-likeness (QED) is 0.0626. The molecule has 6 heterocycles. The van der Waals surface area contributed by atoms with Gasteiger partial charge in [0.2, 0.25) is 11.8 Å². The molecular weight excluding hydrogens is 1040 g/mol. The predicted molar refractivity (Wildman–Crippen MR) is 315 cm³/mol. The van der Waals surface area contributed by atoms with Crippen LogP contribution < -0.4 is 15.4 Å². The van der Waals surface area contributed by atoms with Crippen LogP contribution in [0.3, 0.4) is 0 Å². The van der Waals surface area contributed by atoms with Crippen LogP contribution in [-0.2, 0) is 19.9 Å². The number of urea groups is 1. The Labute approximate surface area is 475 Å². The summed E-state index contributed by atoms with van der Waals surface area (Å²) in [6.45, 7) is 19.9. The summed E-state index contributed by atoms with van der Waals surface area (Å²) in [6.07, 6.45) is 5.04. The van der Waals surface area contributed by atoms with E-state index in [1.165, 1.54) is 12.3 Å². The number of rotatable bonds is 5. The summed E-state index contributed by atoms with van der Waals surface area (Å²) < 4.78 is 12.0. The number of aromatic nitrogens is 3. The van der Waals surface area contributed by atoms with E-state index in [1.54, 1.807) is 68.7 Å². The molecule has 0 saturated carbocycles. The molecular formula is C66H67N5O11. The van der Waals surface area contributed by atoms with Crippen LogP contribution in [0.2, 0.25) is 0 Å². The molecule has 422 valence electrons. The van der Waals surface area contributed by atoms with Crippen LogP contribution in [0.1, 0.15) is 142 Å². The van der Waals surface area contributed by atoms with Crippen LogP contribution in [0.15, 0.2) is 146 Å². The summed E-state index contributed by atoms with van der Waals surface area (Å²) >= 11 is 0.